The summed E-state index contributed by atoms with van der Waals surface area (Å²) in [6.45, 7) is 1.61. The molecule has 0 unspecified atom stereocenters. The number of pyridine rings is 1. The lowest BCUT2D eigenvalue weighted by Gasteiger charge is -2.25. The first-order chi connectivity index (χ1) is 9.85. The van der Waals surface area contributed by atoms with Crippen molar-refractivity contribution in [2.75, 3.05) is 25.2 Å². The molecule has 3 nitrogen and oxygen atoms in total. The van der Waals surface area contributed by atoms with E-state index >= 15 is 0 Å². The van der Waals surface area contributed by atoms with Crippen LogP contribution in [0.25, 0.3) is 10.8 Å². The van der Waals surface area contributed by atoms with Gasteiger partial charge in [-0.2, -0.15) is 0 Å². The van der Waals surface area contributed by atoms with E-state index in [1.807, 2.05) is 6.20 Å². The van der Waals surface area contributed by atoms with Crippen LogP contribution < -0.4 is 4.90 Å². The van der Waals surface area contributed by atoms with E-state index in [4.69, 9.17) is 16.3 Å². The minimum Gasteiger partial charge on any atom is -0.383 e. The third-order valence-electron chi connectivity index (χ3n) is 3.80. The number of nitrogens with zero attached hydrogens (tertiary/aromatic N) is 2. The first kappa shape index (κ1) is 13.7. The van der Waals surface area contributed by atoms with E-state index in [-0.39, 0.29) is 0 Å². The standard InChI is InChI=1S/C16H19ClN2O/c1-20-9-8-19(13-6-7-13)16-15-5-3-2-4-14(15)12(10-17)11-18-16/h2-5,11,13H,6-10H2,1H3. The average Bonchev–Trinajstić information content (AvgIpc) is 3.32. The molecule has 1 aromatic heterocycles. The topological polar surface area (TPSA) is 25.4 Å². The number of methoxy groups -OCH3 is 1. The Kier molecular flexibility index (Phi) is 4.08. The van der Waals surface area contributed by atoms with Crippen molar-refractivity contribution in [2.45, 2.75) is 24.8 Å². The quantitative estimate of drug-likeness (QED) is 0.760. The van der Waals surface area contributed by atoms with Gasteiger partial charge in [0, 0.05) is 37.2 Å². The van der Waals surface area contributed by atoms with E-state index in [0.29, 0.717) is 11.9 Å². The summed E-state index contributed by atoms with van der Waals surface area (Å²) in [6.07, 6.45) is 4.40. The highest BCUT2D eigenvalue weighted by Crippen LogP contribution is 2.35. The van der Waals surface area contributed by atoms with Gasteiger partial charge in [0.1, 0.15) is 5.82 Å². The fourth-order valence-electron chi connectivity index (χ4n) is 2.61. The van der Waals surface area contributed by atoms with E-state index in [0.717, 1.165) is 24.5 Å². The van der Waals surface area contributed by atoms with Gasteiger partial charge in [0.25, 0.3) is 0 Å². The second kappa shape index (κ2) is 5.98. The van der Waals surface area contributed by atoms with Gasteiger partial charge in [-0.3, -0.25) is 0 Å². The minimum atomic E-state index is 0.495. The molecule has 0 bridgehead atoms. The Morgan fingerprint density at radius 2 is 2.05 bits per heavy atom. The van der Waals surface area contributed by atoms with Crippen molar-refractivity contribution < 1.29 is 4.74 Å². The van der Waals surface area contributed by atoms with Crippen molar-refractivity contribution in [2.24, 2.45) is 0 Å². The number of halogens is 1. The Labute approximate surface area is 124 Å². The number of hydrogen-bond acceptors (Lipinski definition) is 3. The van der Waals surface area contributed by atoms with Crippen LogP contribution in [0.1, 0.15) is 18.4 Å². The molecule has 0 spiro atoms. The maximum Gasteiger partial charge on any atom is 0.136 e. The highest BCUT2D eigenvalue weighted by Gasteiger charge is 2.30. The third kappa shape index (κ3) is 2.60. The fraction of sp³-hybridized carbons (Fsp3) is 0.438. The highest BCUT2D eigenvalue weighted by atomic mass is 35.5. The van der Waals surface area contributed by atoms with Crippen LogP contribution in [-0.2, 0) is 10.6 Å². The summed E-state index contributed by atoms with van der Waals surface area (Å²) in [5, 5.41) is 2.39. The number of anilines is 1. The summed E-state index contributed by atoms with van der Waals surface area (Å²) in [6, 6.07) is 8.99. The summed E-state index contributed by atoms with van der Waals surface area (Å²) >= 11 is 6.02. The van der Waals surface area contributed by atoms with Crippen molar-refractivity contribution in [3.05, 3.63) is 36.0 Å². The van der Waals surface area contributed by atoms with E-state index in [9.17, 15) is 0 Å². The molecule has 1 aliphatic rings. The molecular formula is C16H19ClN2O. The summed E-state index contributed by atoms with van der Waals surface area (Å²) in [7, 11) is 1.74. The first-order valence-corrected chi connectivity index (χ1v) is 7.56. The van der Waals surface area contributed by atoms with Crippen LogP contribution >= 0.6 is 11.6 Å². The van der Waals surface area contributed by atoms with Gasteiger partial charge in [-0.25, -0.2) is 4.98 Å². The molecule has 1 aromatic carbocycles. The predicted octanol–water partition coefficient (Wildman–Crippen LogP) is 3.59. The molecule has 1 aliphatic carbocycles. The lowest BCUT2D eigenvalue weighted by molar-refractivity contribution is 0.205. The van der Waals surface area contributed by atoms with Gasteiger partial charge in [0.05, 0.1) is 6.61 Å². The third-order valence-corrected chi connectivity index (χ3v) is 4.08. The summed E-state index contributed by atoms with van der Waals surface area (Å²) < 4.78 is 5.24. The van der Waals surface area contributed by atoms with E-state index < -0.39 is 0 Å². The molecule has 106 valence electrons. The molecule has 2 aromatic rings. The number of benzene rings is 1. The summed E-state index contributed by atoms with van der Waals surface area (Å²) in [5.74, 6) is 1.56. The van der Waals surface area contributed by atoms with Gasteiger partial charge < -0.3 is 9.64 Å². The van der Waals surface area contributed by atoms with Crippen LogP contribution in [0.4, 0.5) is 5.82 Å². The number of fused-ring (bicyclic) bond motifs is 1. The Morgan fingerprint density at radius 1 is 1.30 bits per heavy atom. The van der Waals surface area contributed by atoms with Crippen molar-refractivity contribution in [1.82, 2.24) is 4.98 Å². The molecule has 0 amide bonds. The fourth-order valence-corrected chi connectivity index (χ4v) is 2.82. The lowest BCUT2D eigenvalue weighted by atomic mass is 10.1. The molecule has 1 fully saturated rings. The second-order valence-electron chi connectivity index (χ2n) is 5.20. The largest absolute Gasteiger partial charge is 0.383 e. The zero-order valence-corrected chi connectivity index (χ0v) is 12.4. The second-order valence-corrected chi connectivity index (χ2v) is 5.47. The number of ether oxygens (including phenoxy) is 1. The van der Waals surface area contributed by atoms with Crippen molar-refractivity contribution in [3.8, 4) is 0 Å². The molecule has 0 aliphatic heterocycles. The molecular weight excluding hydrogens is 272 g/mol. The van der Waals surface area contributed by atoms with Crippen LogP contribution in [0.3, 0.4) is 0 Å². The first-order valence-electron chi connectivity index (χ1n) is 7.03. The van der Waals surface area contributed by atoms with Gasteiger partial charge in [0.2, 0.25) is 0 Å². The zero-order valence-electron chi connectivity index (χ0n) is 11.7. The monoisotopic (exact) mass is 290 g/mol. The highest BCUT2D eigenvalue weighted by molar-refractivity contribution is 6.18. The zero-order chi connectivity index (χ0) is 13.9. The lowest BCUT2D eigenvalue weighted by Crippen LogP contribution is -2.30. The van der Waals surface area contributed by atoms with Crippen molar-refractivity contribution in [3.63, 3.8) is 0 Å². The van der Waals surface area contributed by atoms with Crippen molar-refractivity contribution in [1.29, 1.82) is 0 Å². The Morgan fingerprint density at radius 3 is 2.70 bits per heavy atom. The number of rotatable bonds is 6. The van der Waals surface area contributed by atoms with Crippen LogP contribution in [0, 0.1) is 0 Å². The van der Waals surface area contributed by atoms with Gasteiger partial charge in [0.15, 0.2) is 0 Å². The smallest absolute Gasteiger partial charge is 0.136 e. The molecule has 0 saturated heterocycles. The summed E-state index contributed by atoms with van der Waals surface area (Å²) in [4.78, 5) is 7.06. The van der Waals surface area contributed by atoms with E-state index in [1.165, 1.54) is 23.6 Å². The molecule has 0 atom stereocenters. The van der Waals surface area contributed by atoms with Crippen LogP contribution in [0.15, 0.2) is 30.5 Å². The number of alkyl halides is 1. The predicted molar refractivity (Wildman–Crippen MR) is 83.5 cm³/mol. The normalized spacial score (nSPS) is 14.7. The van der Waals surface area contributed by atoms with Gasteiger partial charge >= 0.3 is 0 Å². The Bertz CT molecular complexity index is 598. The number of hydrogen-bond donors (Lipinski definition) is 0. The Hall–Kier alpha value is -1.32. The maximum absolute atomic E-state index is 6.02. The average molecular weight is 291 g/mol. The molecule has 4 heteroatoms. The molecule has 1 heterocycles. The van der Waals surface area contributed by atoms with E-state index in [1.54, 1.807) is 7.11 Å². The molecule has 0 radical (unpaired) electrons. The molecule has 20 heavy (non-hydrogen) atoms. The Balaban J connectivity index is 2.05. The molecule has 1 saturated carbocycles. The number of aromatic nitrogens is 1. The SMILES string of the molecule is COCCN(c1ncc(CCl)c2ccccc12)C1CC1. The van der Waals surface area contributed by atoms with Gasteiger partial charge in [-0.05, 0) is 23.8 Å². The van der Waals surface area contributed by atoms with Gasteiger partial charge in [-0.15, -0.1) is 11.6 Å². The van der Waals surface area contributed by atoms with Crippen LogP contribution in [0.2, 0.25) is 0 Å². The molecule has 0 N–H and O–H groups in total. The molecule has 3 rings (SSSR count). The van der Waals surface area contributed by atoms with Crippen LogP contribution in [-0.4, -0.2) is 31.3 Å². The van der Waals surface area contributed by atoms with Gasteiger partial charge in [-0.1, -0.05) is 24.3 Å². The van der Waals surface area contributed by atoms with E-state index in [2.05, 4.69) is 34.1 Å². The van der Waals surface area contributed by atoms with Crippen LogP contribution in [0.5, 0.6) is 0 Å². The minimum absolute atomic E-state index is 0.495. The summed E-state index contributed by atoms with van der Waals surface area (Å²) in [5.41, 5.74) is 1.09. The van der Waals surface area contributed by atoms with Crippen molar-refractivity contribution >= 4 is 28.2 Å². The maximum atomic E-state index is 6.02.